The minimum atomic E-state index is -1.78. The Morgan fingerprint density at radius 1 is 1.20 bits per heavy atom. The van der Waals surface area contributed by atoms with Gasteiger partial charge in [-0.25, -0.2) is 9.59 Å². The van der Waals surface area contributed by atoms with E-state index in [1.165, 1.54) is 0 Å². The summed E-state index contributed by atoms with van der Waals surface area (Å²) in [6, 6.07) is -0.682. The lowest BCUT2D eigenvalue weighted by atomic mass is 9.87. The zero-order valence-electron chi connectivity index (χ0n) is 11.3. The molecule has 110 valence electrons. The van der Waals surface area contributed by atoms with E-state index in [0.29, 0.717) is 6.42 Å². The van der Waals surface area contributed by atoms with Crippen molar-refractivity contribution >= 4 is 11.9 Å². The molecule has 7 heteroatoms. The highest BCUT2D eigenvalue weighted by molar-refractivity contribution is 5.93. The van der Waals surface area contributed by atoms with Crippen LogP contribution in [-0.2, 0) is 23.8 Å². The molecule has 1 atom stereocenters. The Balaban J connectivity index is 1.84. The largest absolute Gasteiger partial charge is 0.393 e. The van der Waals surface area contributed by atoms with Crippen molar-refractivity contribution in [2.45, 2.75) is 36.9 Å². The first-order chi connectivity index (χ1) is 9.43. The molecule has 2 saturated heterocycles. The Kier molecular flexibility index (Phi) is 3.07. The van der Waals surface area contributed by atoms with Gasteiger partial charge in [-0.15, -0.1) is 0 Å². The number of hydrogen-bond acceptors (Lipinski definition) is 7. The van der Waals surface area contributed by atoms with Crippen LogP contribution in [0.15, 0.2) is 12.2 Å². The van der Waals surface area contributed by atoms with Gasteiger partial charge in [-0.05, 0) is 19.9 Å². The van der Waals surface area contributed by atoms with Gasteiger partial charge >= 0.3 is 17.9 Å². The van der Waals surface area contributed by atoms with Gasteiger partial charge in [0.15, 0.2) is 0 Å². The number of carbonyl (C=O) groups is 2. The van der Waals surface area contributed by atoms with Crippen molar-refractivity contribution in [1.29, 1.82) is 0 Å². The fraction of sp³-hybridized carbons (Fsp3) is 0.692. The number of rotatable bonds is 0. The second-order valence-electron chi connectivity index (χ2n) is 5.68. The number of carbonyl (C=O) groups excluding carboxylic acids is 2. The molecule has 3 heterocycles. The van der Waals surface area contributed by atoms with Crippen LogP contribution in [0, 0.1) is 0 Å². The number of likely N-dealkylation sites (tertiary alicyclic amines) is 1. The van der Waals surface area contributed by atoms with Crippen LogP contribution in [0.4, 0.5) is 0 Å². The van der Waals surface area contributed by atoms with Crippen molar-refractivity contribution in [3.05, 3.63) is 12.2 Å². The lowest BCUT2D eigenvalue weighted by molar-refractivity contribution is -0.353. The van der Waals surface area contributed by atoms with E-state index < -0.39 is 29.6 Å². The van der Waals surface area contributed by atoms with Crippen LogP contribution < -0.4 is 5.73 Å². The molecule has 0 aliphatic carbocycles. The predicted octanol–water partition coefficient (Wildman–Crippen LogP) is -0.492. The zero-order chi connectivity index (χ0) is 14.4. The van der Waals surface area contributed by atoms with E-state index in [9.17, 15) is 9.59 Å². The second kappa shape index (κ2) is 4.54. The first-order valence-electron chi connectivity index (χ1n) is 6.71. The Morgan fingerprint density at radius 2 is 1.75 bits per heavy atom. The molecule has 1 unspecified atom stereocenters. The van der Waals surface area contributed by atoms with E-state index in [2.05, 4.69) is 4.90 Å². The minimum Gasteiger partial charge on any atom is -0.393 e. The Bertz CT molecular complexity index is 447. The first-order valence-corrected chi connectivity index (χ1v) is 6.71. The summed E-state index contributed by atoms with van der Waals surface area (Å²) in [6.07, 6.45) is 4.07. The maximum absolute atomic E-state index is 11.6. The number of nitrogens with zero attached hydrogens (tertiary/aromatic N) is 1. The lowest BCUT2D eigenvalue weighted by Crippen LogP contribution is -2.51. The Labute approximate surface area is 116 Å². The number of piperidine rings is 1. The normalized spacial score (nSPS) is 32.2. The molecule has 0 bridgehead atoms. The van der Waals surface area contributed by atoms with Gasteiger partial charge in [-0.2, -0.15) is 0 Å². The summed E-state index contributed by atoms with van der Waals surface area (Å²) in [5.41, 5.74) is 5.57. The fourth-order valence-electron chi connectivity index (χ4n) is 2.98. The maximum Gasteiger partial charge on any atom is 0.393 e. The van der Waals surface area contributed by atoms with Crippen LogP contribution in [-0.4, -0.2) is 54.6 Å². The van der Waals surface area contributed by atoms with Gasteiger partial charge in [0.1, 0.15) is 6.04 Å². The second-order valence-corrected chi connectivity index (χ2v) is 5.68. The van der Waals surface area contributed by atoms with Gasteiger partial charge in [0.2, 0.25) is 0 Å². The van der Waals surface area contributed by atoms with Crippen LogP contribution in [0.5, 0.6) is 0 Å². The Hall–Kier alpha value is -1.44. The maximum atomic E-state index is 11.6. The molecule has 0 amide bonds. The molecule has 0 aromatic carbocycles. The van der Waals surface area contributed by atoms with Crippen molar-refractivity contribution in [3.8, 4) is 0 Å². The molecule has 2 N–H and O–H groups in total. The smallest absolute Gasteiger partial charge is 0.393 e. The lowest BCUT2D eigenvalue weighted by Gasteiger charge is -2.38. The molecule has 20 heavy (non-hydrogen) atoms. The highest BCUT2D eigenvalue weighted by atomic mass is 16.9. The topological polar surface area (TPSA) is 91.1 Å². The van der Waals surface area contributed by atoms with E-state index in [0.717, 1.165) is 38.1 Å². The van der Waals surface area contributed by atoms with Crippen LogP contribution >= 0.6 is 0 Å². The fourth-order valence-corrected chi connectivity index (χ4v) is 2.98. The average Bonchev–Trinajstić information content (AvgIpc) is 2.53. The molecule has 0 radical (unpaired) electrons. The quantitative estimate of drug-likeness (QED) is 0.599. The summed E-state index contributed by atoms with van der Waals surface area (Å²) in [6.45, 7) is 1.73. The molecule has 0 saturated carbocycles. The van der Waals surface area contributed by atoms with Crippen molar-refractivity contribution in [2.75, 3.05) is 20.1 Å². The van der Waals surface area contributed by atoms with Crippen molar-refractivity contribution < 1.29 is 23.8 Å². The number of esters is 2. The van der Waals surface area contributed by atoms with Crippen LogP contribution in [0.25, 0.3) is 0 Å². The average molecular weight is 282 g/mol. The zero-order valence-corrected chi connectivity index (χ0v) is 11.3. The first kappa shape index (κ1) is 13.5. The molecule has 3 aliphatic heterocycles. The van der Waals surface area contributed by atoms with E-state index in [1.54, 1.807) is 0 Å². The van der Waals surface area contributed by atoms with Crippen molar-refractivity contribution in [1.82, 2.24) is 4.90 Å². The standard InChI is InChI=1S/C13H18N2O5/c1-15-6-4-12(5-7-15)8-9(14)13(20-12)18-10(16)2-3-11(17)19-13/h2-3,9H,4-8,14H2,1H3. The van der Waals surface area contributed by atoms with Crippen LogP contribution in [0.3, 0.4) is 0 Å². The van der Waals surface area contributed by atoms with Crippen molar-refractivity contribution in [3.63, 3.8) is 0 Å². The molecular weight excluding hydrogens is 264 g/mol. The third kappa shape index (κ3) is 2.21. The Morgan fingerprint density at radius 3 is 2.30 bits per heavy atom. The van der Waals surface area contributed by atoms with E-state index >= 15 is 0 Å². The number of nitrogens with two attached hydrogens (primary N) is 1. The van der Waals surface area contributed by atoms with E-state index in [4.69, 9.17) is 19.9 Å². The molecular formula is C13H18N2O5. The summed E-state index contributed by atoms with van der Waals surface area (Å²) in [5, 5.41) is 0. The predicted molar refractivity (Wildman–Crippen MR) is 67.2 cm³/mol. The van der Waals surface area contributed by atoms with Crippen LogP contribution in [0.1, 0.15) is 19.3 Å². The number of ether oxygens (including phenoxy) is 3. The molecule has 2 fully saturated rings. The molecule has 0 aromatic heterocycles. The van der Waals surface area contributed by atoms with Crippen molar-refractivity contribution in [2.24, 2.45) is 5.73 Å². The van der Waals surface area contributed by atoms with E-state index in [-0.39, 0.29) is 0 Å². The van der Waals surface area contributed by atoms with Gasteiger partial charge in [0.05, 0.1) is 5.60 Å². The summed E-state index contributed by atoms with van der Waals surface area (Å²) in [4.78, 5) is 25.3. The molecule has 3 rings (SSSR count). The summed E-state index contributed by atoms with van der Waals surface area (Å²) in [5.74, 6) is -3.15. The third-order valence-corrected chi connectivity index (χ3v) is 4.14. The highest BCUT2D eigenvalue weighted by Crippen LogP contribution is 2.45. The molecule has 3 aliphatic rings. The number of hydrogen-bond donors (Lipinski definition) is 1. The van der Waals surface area contributed by atoms with Crippen LogP contribution in [0.2, 0.25) is 0 Å². The summed E-state index contributed by atoms with van der Waals surface area (Å²) >= 11 is 0. The van der Waals surface area contributed by atoms with Gasteiger partial charge < -0.3 is 20.1 Å². The van der Waals surface area contributed by atoms with Gasteiger partial charge in [-0.1, -0.05) is 0 Å². The summed E-state index contributed by atoms with van der Waals surface area (Å²) < 4.78 is 16.3. The van der Waals surface area contributed by atoms with E-state index in [1.807, 2.05) is 7.05 Å². The molecule has 7 nitrogen and oxygen atoms in total. The van der Waals surface area contributed by atoms with Gasteiger partial charge in [0, 0.05) is 31.7 Å². The minimum absolute atomic E-state index is 0.489. The highest BCUT2D eigenvalue weighted by Gasteiger charge is 2.61. The third-order valence-electron chi connectivity index (χ3n) is 4.14. The SMILES string of the molecule is CN1CCC2(CC1)CC(N)C1(OC(=O)C=CC(=O)O1)O2. The monoisotopic (exact) mass is 282 g/mol. The van der Waals surface area contributed by atoms with Gasteiger partial charge in [0.25, 0.3) is 0 Å². The molecule has 0 aromatic rings. The molecule has 2 spiro atoms. The summed E-state index contributed by atoms with van der Waals surface area (Å²) in [7, 11) is 2.03. The van der Waals surface area contributed by atoms with Gasteiger partial charge in [-0.3, -0.25) is 4.74 Å².